The molecule has 0 aliphatic rings. The molecule has 0 spiro atoms. The molecule has 0 atom stereocenters. The molecule has 0 unspecified atom stereocenters. The van der Waals surface area contributed by atoms with Crippen molar-refractivity contribution in [3.8, 4) is 5.75 Å². The van der Waals surface area contributed by atoms with Crippen LogP contribution in [0, 0.1) is 6.92 Å². The maximum absolute atomic E-state index is 12.5. The number of carbonyl (C=O) groups excluding carboxylic acids is 2. The maximum Gasteiger partial charge on any atom is 0.259 e. The van der Waals surface area contributed by atoms with Crippen molar-refractivity contribution < 1.29 is 14.3 Å². The molecule has 2 N–H and O–H groups in total. The second-order valence-corrected chi connectivity index (χ2v) is 6.64. The van der Waals surface area contributed by atoms with Crippen LogP contribution in [0.15, 0.2) is 66.7 Å². The number of carbonyl (C=O) groups is 2. The predicted octanol–water partition coefficient (Wildman–Crippen LogP) is 5.16. The van der Waals surface area contributed by atoms with E-state index in [9.17, 15) is 9.59 Å². The van der Waals surface area contributed by atoms with Crippen LogP contribution in [-0.2, 0) is 0 Å². The number of benzene rings is 3. The van der Waals surface area contributed by atoms with Crippen LogP contribution in [-0.4, -0.2) is 18.9 Å². The summed E-state index contributed by atoms with van der Waals surface area (Å²) in [7, 11) is 1.49. The summed E-state index contributed by atoms with van der Waals surface area (Å²) < 4.78 is 5.21. The fourth-order valence-corrected chi connectivity index (χ4v) is 2.85. The maximum atomic E-state index is 12.5. The second kappa shape index (κ2) is 8.59. The van der Waals surface area contributed by atoms with Crippen LogP contribution < -0.4 is 15.4 Å². The van der Waals surface area contributed by atoms with Gasteiger partial charge in [-0.15, -0.1) is 0 Å². The van der Waals surface area contributed by atoms with Crippen molar-refractivity contribution in [2.45, 2.75) is 6.92 Å². The van der Waals surface area contributed by atoms with Crippen molar-refractivity contribution in [1.82, 2.24) is 0 Å². The molecule has 0 aliphatic heterocycles. The molecule has 0 aliphatic carbocycles. The molecule has 0 radical (unpaired) electrons. The van der Waals surface area contributed by atoms with Crippen LogP contribution in [0.2, 0.25) is 5.02 Å². The Morgan fingerprint density at radius 2 is 1.50 bits per heavy atom. The van der Waals surface area contributed by atoms with Crippen LogP contribution >= 0.6 is 11.6 Å². The molecule has 3 aromatic carbocycles. The first kappa shape index (κ1) is 19.5. The highest BCUT2D eigenvalue weighted by Gasteiger charge is 2.13. The van der Waals surface area contributed by atoms with Gasteiger partial charge >= 0.3 is 0 Å². The Balaban J connectivity index is 1.68. The van der Waals surface area contributed by atoms with E-state index in [1.54, 1.807) is 48.5 Å². The van der Waals surface area contributed by atoms with E-state index in [1.165, 1.54) is 7.11 Å². The lowest BCUT2D eigenvalue weighted by molar-refractivity contribution is 0.101. The summed E-state index contributed by atoms with van der Waals surface area (Å²) in [5, 5.41) is 6.07. The third kappa shape index (κ3) is 4.69. The first-order chi connectivity index (χ1) is 13.5. The summed E-state index contributed by atoms with van der Waals surface area (Å²) in [5.41, 5.74) is 3.16. The average molecular weight is 395 g/mol. The van der Waals surface area contributed by atoms with Crippen molar-refractivity contribution in [1.29, 1.82) is 0 Å². The van der Waals surface area contributed by atoms with E-state index < -0.39 is 0 Å². The molecular weight excluding hydrogens is 376 g/mol. The predicted molar refractivity (Wildman–Crippen MR) is 112 cm³/mol. The Morgan fingerprint density at radius 1 is 0.857 bits per heavy atom. The van der Waals surface area contributed by atoms with Gasteiger partial charge in [-0.2, -0.15) is 0 Å². The van der Waals surface area contributed by atoms with Crippen LogP contribution in [0.3, 0.4) is 0 Å². The van der Waals surface area contributed by atoms with E-state index in [4.69, 9.17) is 16.3 Å². The van der Waals surface area contributed by atoms with Gasteiger partial charge in [-0.25, -0.2) is 0 Å². The summed E-state index contributed by atoms with van der Waals surface area (Å²) in [5.74, 6) is -0.0935. The van der Waals surface area contributed by atoms with Crippen LogP contribution in [0.5, 0.6) is 5.75 Å². The Morgan fingerprint density at radius 3 is 2.11 bits per heavy atom. The van der Waals surface area contributed by atoms with E-state index in [0.717, 1.165) is 5.56 Å². The standard InChI is InChI=1S/C22H19ClN2O3/c1-14-4-3-5-15(12-14)21(26)24-17-7-9-18(10-8-17)25-22(27)19-13-16(23)6-11-20(19)28-2/h3-13H,1-2H3,(H,24,26)(H,25,27). The third-order valence-corrected chi connectivity index (χ3v) is 4.32. The fourth-order valence-electron chi connectivity index (χ4n) is 2.68. The quantitative estimate of drug-likeness (QED) is 0.628. The lowest BCUT2D eigenvalue weighted by Gasteiger charge is -2.11. The van der Waals surface area contributed by atoms with E-state index in [-0.39, 0.29) is 11.8 Å². The molecule has 2 amide bonds. The van der Waals surface area contributed by atoms with Crippen molar-refractivity contribution in [3.05, 3.63) is 88.4 Å². The molecule has 28 heavy (non-hydrogen) atoms. The second-order valence-electron chi connectivity index (χ2n) is 6.20. The van der Waals surface area contributed by atoms with Gasteiger partial charge in [-0.1, -0.05) is 29.3 Å². The number of halogens is 1. The highest BCUT2D eigenvalue weighted by atomic mass is 35.5. The molecule has 0 aromatic heterocycles. The van der Waals surface area contributed by atoms with Gasteiger partial charge in [0.05, 0.1) is 12.7 Å². The van der Waals surface area contributed by atoms with Crippen molar-refractivity contribution >= 4 is 34.8 Å². The smallest absolute Gasteiger partial charge is 0.259 e. The van der Waals surface area contributed by atoms with Gasteiger partial charge in [0.15, 0.2) is 0 Å². The SMILES string of the molecule is COc1ccc(Cl)cc1C(=O)Nc1ccc(NC(=O)c2cccc(C)c2)cc1. The zero-order chi connectivity index (χ0) is 20.1. The Bertz CT molecular complexity index is 1020. The number of hydrogen-bond acceptors (Lipinski definition) is 3. The highest BCUT2D eigenvalue weighted by molar-refractivity contribution is 6.31. The Labute approximate surface area is 168 Å². The molecule has 0 fully saturated rings. The third-order valence-electron chi connectivity index (χ3n) is 4.09. The van der Waals surface area contributed by atoms with Crippen molar-refractivity contribution in [3.63, 3.8) is 0 Å². The first-order valence-electron chi connectivity index (χ1n) is 8.59. The lowest BCUT2D eigenvalue weighted by Crippen LogP contribution is -2.14. The number of methoxy groups -OCH3 is 1. The minimum absolute atomic E-state index is 0.191. The molecule has 5 nitrogen and oxygen atoms in total. The fraction of sp³-hybridized carbons (Fsp3) is 0.0909. The number of nitrogens with one attached hydrogen (secondary N) is 2. The zero-order valence-corrected chi connectivity index (χ0v) is 16.2. The molecule has 0 heterocycles. The summed E-state index contributed by atoms with van der Waals surface area (Å²) in [6, 6.07) is 19.1. The number of ether oxygens (including phenoxy) is 1. The number of hydrogen-bond donors (Lipinski definition) is 2. The van der Waals surface area contributed by atoms with E-state index in [2.05, 4.69) is 10.6 Å². The summed E-state index contributed by atoms with van der Waals surface area (Å²) in [6.07, 6.45) is 0. The summed E-state index contributed by atoms with van der Waals surface area (Å²) in [4.78, 5) is 24.8. The average Bonchev–Trinajstić information content (AvgIpc) is 2.69. The molecule has 3 aromatic rings. The summed E-state index contributed by atoms with van der Waals surface area (Å²) in [6.45, 7) is 1.93. The van der Waals surface area contributed by atoms with Gasteiger partial charge < -0.3 is 15.4 Å². The minimum atomic E-state index is -0.337. The van der Waals surface area contributed by atoms with Gasteiger partial charge in [0.1, 0.15) is 5.75 Å². The molecule has 6 heteroatoms. The normalized spacial score (nSPS) is 10.2. The van der Waals surface area contributed by atoms with Crippen LogP contribution in [0.4, 0.5) is 11.4 Å². The molecule has 0 saturated carbocycles. The van der Waals surface area contributed by atoms with Gasteiger partial charge in [-0.05, 0) is 61.5 Å². The van der Waals surface area contributed by atoms with E-state index in [1.807, 2.05) is 25.1 Å². The van der Waals surface area contributed by atoms with E-state index >= 15 is 0 Å². The molecule has 0 saturated heterocycles. The van der Waals surface area contributed by atoms with Crippen LogP contribution in [0.1, 0.15) is 26.3 Å². The minimum Gasteiger partial charge on any atom is -0.496 e. The van der Waals surface area contributed by atoms with Gasteiger partial charge in [0.2, 0.25) is 0 Å². The van der Waals surface area contributed by atoms with Gasteiger partial charge in [0.25, 0.3) is 11.8 Å². The van der Waals surface area contributed by atoms with Crippen molar-refractivity contribution in [2.24, 2.45) is 0 Å². The van der Waals surface area contributed by atoms with Crippen molar-refractivity contribution in [2.75, 3.05) is 17.7 Å². The molecule has 3 rings (SSSR count). The first-order valence-corrected chi connectivity index (χ1v) is 8.97. The van der Waals surface area contributed by atoms with Gasteiger partial charge in [-0.3, -0.25) is 9.59 Å². The number of aryl methyl sites for hydroxylation is 1. The zero-order valence-electron chi connectivity index (χ0n) is 15.5. The van der Waals surface area contributed by atoms with Gasteiger partial charge in [0, 0.05) is 22.0 Å². The highest BCUT2D eigenvalue weighted by Crippen LogP contribution is 2.24. The van der Waals surface area contributed by atoms with Crippen LogP contribution in [0.25, 0.3) is 0 Å². The Kier molecular flexibility index (Phi) is 5.96. The number of amides is 2. The Hall–Kier alpha value is -3.31. The number of anilines is 2. The molecular formula is C22H19ClN2O3. The topological polar surface area (TPSA) is 67.4 Å². The number of rotatable bonds is 5. The largest absolute Gasteiger partial charge is 0.496 e. The lowest BCUT2D eigenvalue weighted by atomic mass is 10.1. The monoisotopic (exact) mass is 394 g/mol. The van der Waals surface area contributed by atoms with E-state index in [0.29, 0.717) is 33.3 Å². The molecule has 142 valence electrons. The molecule has 0 bridgehead atoms. The summed E-state index contributed by atoms with van der Waals surface area (Å²) >= 11 is 5.97.